The lowest BCUT2D eigenvalue weighted by Gasteiger charge is -2.42. The zero-order valence-corrected chi connectivity index (χ0v) is 43.6. The van der Waals surface area contributed by atoms with Crippen LogP contribution in [0.25, 0.3) is 109 Å². The molecule has 6 heterocycles. The Morgan fingerprint density at radius 1 is 0.541 bits per heavy atom. The number of benzene rings is 9. The summed E-state index contributed by atoms with van der Waals surface area (Å²) < 4.78 is 14.7. The Labute approximate surface area is 434 Å². The fraction of sp³-hybridized carbons (Fsp3) is 0.179. The van der Waals surface area contributed by atoms with Crippen molar-refractivity contribution in [3.05, 3.63) is 187 Å². The van der Waals surface area contributed by atoms with E-state index >= 15 is 0 Å². The summed E-state index contributed by atoms with van der Waals surface area (Å²) in [5.41, 5.74) is 21.3. The van der Waals surface area contributed by atoms with Gasteiger partial charge >= 0.3 is 6.85 Å². The molecule has 16 rings (SSSR count). The lowest BCUT2D eigenvalue weighted by Crippen LogP contribution is -2.60. The van der Waals surface area contributed by atoms with Gasteiger partial charge in [0.05, 0.1) is 22.1 Å². The van der Waals surface area contributed by atoms with Gasteiger partial charge in [0.15, 0.2) is 0 Å². The summed E-state index contributed by atoms with van der Waals surface area (Å²) in [6.45, 7) is 16.4. The quantitative estimate of drug-likeness (QED) is 0.166. The third kappa shape index (κ3) is 5.73. The first-order valence-corrected chi connectivity index (χ1v) is 27.2. The molecule has 0 fully saturated rings. The molecule has 0 radical (unpaired) electrons. The van der Waals surface area contributed by atoms with E-state index in [4.69, 9.17) is 9.40 Å². The van der Waals surface area contributed by atoms with Gasteiger partial charge < -0.3 is 13.8 Å². The van der Waals surface area contributed by atoms with E-state index in [0.717, 1.165) is 63.2 Å². The smallest absolute Gasteiger partial charge is 0.333 e. The molecule has 74 heavy (non-hydrogen) atoms. The molecule has 0 saturated heterocycles. The number of imidazole rings is 1. The lowest BCUT2D eigenvalue weighted by molar-refractivity contribution is 0.332. The lowest BCUT2D eigenvalue weighted by atomic mass is 9.44. The van der Waals surface area contributed by atoms with Crippen LogP contribution in [-0.4, -0.2) is 21.0 Å². The average molecular weight is 973 g/mol. The number of para-hydroxylation sites is 1. The topological polar surface area (TPSA) is 39.1 Å². The number of fused-ring (bicyclic) bond motifs is 16. The van der Waals surface area contributed by atoms with E-state index in [1.807, 2.05) is 11.3 Å². The van der Waals surface area contributed by atoms with Crippen LogP contribution in [0.3, 0.4) is 0 Å². The highest BCUT2D eigenvalue weighted by atomic mass is 32.1. The summed E-state index contributed by atoms with van der Waals surface area (Å²) in [6.07, 6.45) is 2.31. The van der Waals surface area contributed by atoms with Gasteiger partial charge in [0.1, 0.15) is 17.0 Å². The van der Waals surface area contributed by atoms with Crippen LogP contribution in [0.4, 0.5) is 11.4 Å². The van der Waals surface area contributed by atoms with E-state index in [1.165, 1.54) is 97.5 Å². The number of hydrogen-bond acceptors (Lipinski definition) is 4. The minimum atomic E-state index is -0.190. The molecule has 5 nitrogen and oxygen atoms in total. The van der Waals surface area contributed by atoms with Crippen molar-refractivity contribution in [3.63, 3.8) is 0 Å². The highest BCUT2D eigenvalue weighted by Gasteiger charge is 2.45. The molecule has 13 aromatic rings. The van der Waals surface area contributed by atoms with E-state index in [1.54, 1.807) is 0 Å². The average Bonchev–Trinajstić information content (AvgIpc) is 4.18. The van der Waals surface area contributed by atoms with Crippen LogP contribution in [-0.2, 0) is 16.2 Å². The second kappa shape index (κ2) is 14.5. The number of anilines is 2. The Morgan fingerprint density at radius 3 is 2.01 bits per heavy atom. The summed E-state index contributed by atoms with van der Waals surface area (Å²) in [4.78, 5) is 8.29. The third-order valence-corrected chi connectivity index (χ3v) is 18.6. The first-order chi connectivity index (χ1) is 35.8. The zero-order chi connectivity index (χ0) is 49.7. The summed E-state index contributed by atoms with van der Waals surface area (Å²) in [6, 6.07) is 64.1. The molecule has 1 aliphatic carbocycles. The van der Waals surface area contributed by atoms with Crippen molar-refractivity contribution in [2.45, 2.75) is 77.6 Å². The molecule has 0 unspecified atom stereocenters. The Morgan fingerprint density at radius 2 is 1.24 bits per heavy atom. The maximum atomic E-state index is 7.08. The number of furan rings is 1. The molecule has 356 valence electrons. The van der Waals surface area contributed by atoms with Gasteiger partial charge in [0.25, 0.3) is 0 Å². The molecule has 0 spiro atoms. The van der Waals surface area contributed by atoms with E-state index in [9.17, 15) is 0 Å². The Hall–Kier alpha value is -7.87. The first-order valence-electron chi connectivity index (χ1n) is 26.3. The molecule has 0 N–H and O–H groups in total. The summed E-state index contributed by atoms with van der Waals surface area (Å²) in [5.74, 6) is 0.924. The molecule has 0 saturated carbocycles. The minimum Gasteiger partial charge on any atom is -0.456 e. The van der Waals surface area contributed by atoms with Crippen molar-refractivity contribution in [1.82, 2.24) is 14.1 Å². The Balaban J connectivity index is 1.06. The second-order valence-corrected chi connectivity index (χ2v) is 24.9. The van der Waals surface area contributed by atoms with Gasteiger partial charge in [-0.1, -0.05) is 139 Å². The van der Waals surface area contributed by atoms with Gasteiger partial charge in [-0.25, -0.2) is 4.98 Å². The van der Waals surface area contributed by atoms with Crippen molar-refractivity contribution in [3.8, 4) is 33.9 Å². The Bertz CT molecular complexity index is 4580. The van der Waals surface area contributed by atoms with Gasteiger partial charge in [-0.05, 0) is 141 Å². The molecule has 7 heteroatoms. The number of aromatic nitrogens is 3. The van der Waals surface area contributed by atoms with Crippen molar-refractivity contribution >= 4 is 115 Å². The standard InChI is InChI=1S/C67H53BN4OS/c1-65(2,3)39-22-24-41(25-23-39)72-55-32-48-47-31-50-51(67(6,7)29-28-66(50,4)5)34-59(47)73-58(48)33-46(55)43-26-27-44-45-30-49-42-20-14-15-21-60(42)74-61(49)37-54(45)71-56-36-57-53(35-52(56)68(72)62(43)63(44)71)69-64(38-16-10-8-11-17-38)70(57)40-18-12-9-13-19-40/h8-27,30-37H,28-29H2,1-7H3. The largest absolute Gasteiger partial charge is 0.456 e. The second-order valence-electron chi connectivity index (χ2n) is 23.8. The van der Waals surface area contributed by atoms with Gasteiger partial charge in [-0.2, -0.15) is 0 Å². The van der Waals surface area contributed by atoms with E-state index in [2.05, 4.69) is 232 Å². The number of rotatable bonds is 3. The summed E-state index contributed by atoms with van der Waals surface area (Å²) in [5, 5.41) is 7.49. The molecular formula is C67H53BN4OS. The van der Waals surface area contributed by atoms with Crippen molar-refractivity contribution in [1.29, 1.82) is 0 Å². The fourth-order valence-corrected chi connectivity index (χ4v) is 14.7. The molecule has 0 amide bonds. The first kappa shape index (κ1) is 42.6. The van der Waals surface area contributed by atoms with Crippen LogP contribution in [0, 0.1) is 0 Å². The molecule has 4 aromatic heterocycles. The normalized spacial score (nSPS) is 15.6. The van der Waals surface area contributed by atoms with Crippen molar-refractivity contribution in [2.24, 2.45) is 0 Å². The molecule has 2 aliphatic heterocycles. The van der Waals surface area contributed by atoms with Crippen molar-refractivity contribution < 1.29 is 4.42 Å². The molecule has 0 atom stereocenters. The van der Waals surface area contributed by atoms with Crippen LogP contribution >= 0.6 is 11.3 Å². The predicted molar refractivity (Wildman–Crippen MR) is 314 cm³/mol. The maximum absolute atomic E-state index is 7.08. The van der Waals surface area contributed by atoms with Crippen LogP contribution in [0.1, 0.15) is 78.0 Å². The minimum absolute atomic E-state index is 0.00242. The van der Waals surface area contributed by atoms with Gasteiger partial charge in [0.2, 0.25) is 0 Å². The van der Waals surface area contributed by atoms with Crippen LogP contribution < -0.4 is 15.7 Å². The highest BCUT2D eigenvalue weighted by Crippen LogP contribution is 2.52. The van der Waals surface area contributed by atoms with E-state index in [-0.39, 0.29) is 23.1 Å². The summed E-state index contributed by atoms with van der Waals surface area (Å²) in [7, 11) is 0. The van der Waals surface area contributed by atoms with E-state index < -0.39 is 0 Å². The van der Waals surface area contributed by atoms with Crippen LogP contribution in [0.15, 0.2) is 174 Å². The van der Waals surface area contributed by atoms with Gasteiger partial charge in [-0.15, -0.1) is 11.3 Å². The molecule has 9 aromatic carbocycles. The molecule has 3 aliphatic rings. The fourth-order valence-electron chi connectivity index (χ4n) is 13.5. The van der Waals surface area contributed by atoms with Crippen molar-refractivity contribution in [2.75, 3.05) is 4.81 Å². The molecular weight excluding hydrogens is 920 g/mol. The zero-order valence-electron chi connectivity index (χ0n) is 42.8. The van der Waals surface area contributed by atoms with E-state index in [0.29, 0.717) is 0 Å². The Kier molecular flexibility index (Phi) is 8.33. The predicted octanol–water partition coefficient (Wildman–Crippen LogP) is 16.9. The SMILES string of the molecule is CC(C)(C)c1ccc(N2B3c4cc5nc(-c6ccccc6)n(-c6ccccc6)c5cc4-n4c5cc6sc7ccccc7c6cc5c5ccc(c3c54)-c3cc4oc5cc6c(cc5c4cc32)C(C)(C)CCC6(C)C)cc1. The number of nitrogens with zero attached hydrogens (tertiary/aromatic N) is 4. The summed E-state index contributed by atoms with van der Waals surface area (Å²) >= 11 is 1.89. The molecule has 0 bridgehead atoms. The number of thiophene rings is 1. The number of hydrogen-bond donors (Lipinski definition) is 0. The van der Waals surface area contributed by atoms with Gasteiger partial charge in [0, 0.05) is 75.6 Å². The van der Waals surface area contributed by atoms with Crippen LogP contribution in [0.2, 0.25) is 0 Å². The monoisotopic (exact) mass is 972 g/mol. The third-order valence-electron chi connectivity index (χ3n) is 17.5. The maximum Gasteiger partial charge on any atom is 0.333 e. The van der Waals surface area contributed by atoms with Gasteiger partial charge in [-0.3, -0.25) is 4.57 Å². The highest BCUT2D eigenvalue weighted by molar-refractivity contribution is 7.25. The van der Waals surface area contributed by atoms with Crippen LogP contribution in [0.5, 0.6) is 0 Å².